The van der Waals surface area contributed by atoms with Gasteiger partial charge in [0.25, 0.3) is 0 Å². The summed E-state index contributed by atoms with van der Waals surface area (Å²) in [5.41, 5.74) is -0.648. The van der Waals surface area contributed by atoms with Crippen LogP contribution in [-0.4, -0.2) is 16.4 Å². The third-order valence-corrected chi connectivity index (χ3v) is 1.93. The summed E-state index contributed by atoms with van der Waals surface area (Å²) in [5, 5.41) is 17.7. The summed E-state index contributed by atoms with van der Waals surface area (Å²) in [4.78, 5) is 0. The van der Waals surface area contributed by atoms with Crippen LogP contribution in [0.3, 0.4) is 0 Å². The Bertz CT molecular complexity index is 338. The van der Waals surface area contributed by atoms with Gasteiger partial charge in [-0.2, -0.15) is 13.2 Å². The fourth-order valence-corrected chi connectivity index (χ4v) is 1.11. The van der Waals surface area contributed by atoms with E-state index in [4.69, 9.17) is 21.8 Å². The molecule has 78 valence electrons. The maximum atomic E-state index is 12.0. The molecule has 0 aliphatic carbocycles. The van der Waals surface area contributed by atoms with Gasteiger partial charge >= 0.3 is 6.18 Å². The van der Waals surface area contributed by atoms with Gasteiger partial charge in [-0.3, -0.25) is 0 Å². The highest BCUT2D eigenvalue weighted by Crippen LogP contribution is 2.39. The highest BCUT2D eigenvalue weighted by Gasteiger charge is 2.40. The van der Waals surface area contributed by atoms with Crippen LogP contribution in [0.25, 0.3) is 0 Å². The van der Waals surface area contributed by atoms with Crippen LogP contribution >= 0.6 is 11.6 Å². The van der Waals surface area contributed by atoms with Gasteiger partial charge in [0.1, 0.15) is 5.75 Å². The van der Waals surface area contributed by atoms with Gasteiger partial charge < -0.3 is 10.2 Å². The Morgan fingerprint density at radius 3 is 2.36 bits per heavy atom. The number of aromatic hydroxyl groups is 1. The number of aliphatic hydroxyl groups is 1. The number of phenols is 1. The van der Waals surface area contributed by atoms with Gasteiger partial charge in [-0.25, -0.2) is 0 Å². The van der Waals surface area contributed by atoms with Crippen molar-refractivity contribution in [1.82, 2.24) is 0 Å². The van der Waals surface area contributed by atoms with E-state index in [-0.39, 0.29) is 5.02 Å². The van der Waals surface area contributed by atoms with Gasteiger partial charge in [0, 0.05) is 5.56 Å². The number of alkyl halides is 3. The molecular formula is C8H6ClF3O2. The Morgan fingerprint density at radius 1 is 1.29 bits per heavy atom. The number of para-hydroxylation sites is 1. The number of rotatable bonds is 1. The summed E-state index contributed by atoms with van der Waals surface area (Å²) in [6, 6.07) is 3.40. The van der Waals surface area contributed by atoms with E-state index < -0.39 is 23.6 Å². The van der Waals surface area contributed by atoms with E-state index in [1.165, 1.54) is 12.1 Å². The van der Waals surface area contributed by atoms with Crippen LogP contribution in [0.5, 0.6) is 5.75 Å². The first kappa shape index (κ1) is 11.1. The molecule has 0 bridgehead atoms. The van der Waals surface area contributed by atoms with Crippen molar-refractivity contribution in [2.75, 3.05) is 0 Å². The van der Waals surface area contributed by atoms with Gasteiger partial charge in [-0.05, 0) is 6.07 Å². The molecule has 6 heteroatoms. The maximum Gasteiger partial charge on any atom is 0.418 e. The maximum absolute atomic E-state index is 12.0. The molecule has 1 rings (SSSR count). The van der Waals surface area contributed by atoms with Crippen LogP contribution in [0.15, 0.2) is 18.2 Å². The van der Waals surface area contributed by atoms with Gasteiger partial charge in [-0.15, -0.1) is 0 Å². The first-order chi connectivity index (χ1) is 6.34. The van der Waals surface area contributed by atoms with Crippen molar-refractivity contribution in [2.45, 2.75) is 12.3 Å². The Balaban J connectivity index is 3.14. The number of phenolic OH excluding ortho intramolecular Hbond substituents is 1. The van der Waals surface area contributed by atoms with Crippen LogP contribution in [-0.2, 0) is 0 Å². The molecule has 0 heterocycles. The van der Waals surface area contributed by atoms with Gasteiger partial charge in [0.15, 0.2) is 6.10 Å². The Morgan fingerprint density at radius 2 is 1.86 bits per heavy atom. The second-order valence-corrected chi connectivity index (χ2v) is 3.03. The number of benzene rings is 1. The third-order valence-electron chi connectivity index (χ3n) is 1.62. The average Bonchev–Trinajstić information content (AvgIpc) is 2.07. The lowest BCUT2D eigenvalue weighted by molar-refractivity contribution is -0.207. The molecule has 0 aromatic heterocycles. The monoisotopic (exact) mass is 226 g/mol. The van der Waals surface area contributed by atoms with E-state index in [9.17, 15) is 13.2 Å². The molecule has 0 saturated carbocycles. The fourth-order valence-electron chi connectivity index (χ4n) is 0.929. The van der Waals surface area contributed by atoms with E-state index in [0.29, 0.717) is 0 Å². The molecule has 1 atom stereocenters. The van der Waals surface area contributed by atoms with E-state index in [1.807, 2.05) is 0 Å². The minimum Gasteiger partial charge on any atom is -0.506 e. The second kappa shape index (κ2) is 3.67. The molecule has 1 aromatic carbocycles. The highest BCUT2D eigenvalue weighted by atomic mass is 35.5. The standard InChI is InChI=1S/C8H6ClF3O2/c9-5-3-1-2-4(6(5)13)7(14)8(10,11)12/h1-3,7,13-14H. The molecule has 1 unspecified atom stereocenters. The number of hydrogen-bond donors (Lipinski definition) is 2. The van der Waals surface area contributed by atoms with Gasteiger partial charge in [0.2, 0.25) is 0 Å². The lowest BCUT2D eigenvalue weighted by Gasteiger charge is -2.16. The molecule has 2 N–H and O–H groups in total. The van der Waals surface area contributed by atoms with E-state index in [0.717, 1.165) is 6.07 Å². The van der Waals surface area contributed by atoms with E-state index in [2.05, 4.69) is 0 Å². The summed E-state index contributed by atoms with van der Waals surface area (Å²) < 4.78 is 36.1. The molecule has 0 radical (unpaired) electrons. The fraction of sp³-hybridized carbons (Fsp3) is 0.250. The quantitative estimate of drug-likeness (QED) is 0.773. The zero-order chi connectivity index (χ0) is 10.9. The SMILES string of the molecule is Oc1c(Cl)cccc1C(O)C(F)(F)F. The molecule has 1 aromatic rings. The summed E-state index contributed by atoms with van der Waals surface area (Å²) >= 11 is 5.38. The van der Waals surface area contributed by atoms with Crippen molar-refractivity contribution in [3.63, 3.8) is 0 Å². The normalized spacial score (nSPS) is 14.1. The zero-order valence-electron chi connectivity index (χ0n) is 6.72. The Hall–Kier alpha value is -0.940. The first-order valence-corrected chi connectivity index (χ1v) is 3.94. The molecule has 0 aliphatic heterocycles. The topological polar surface area (TPSA) is 40.5 Å². The lowest BCUT2D eigenvalue weighted by atomic mass is 10.1. The number of hydrogen-bond acceptors (Lipinski definition) is 2. The minimum atomic E-state index is -4.82. The van der Waals surface area contributed by atoms with Gasteiger partial charge in [0.05, 0.1) is 5.02 Å². The summed E-state index contributed by atoms with van der Waals surface area (Å²) in [5.74, 6) is -0.751. The predicted molar refractivity (Wildman–Crippen MR) is 44.1 cm³/mol. The van der Waals surface area contributed by atoms with Gasteiger partial charge in [-0.1, -0.05) is 23.7 Å². The van der Waals surface area contributed by atoms with Crippen molar-refractivity contribution in [2.24, 2.45) is 0 Å². The minimum absolute atomic E-state index is 0.231. The average molecular weight is 227 g/mol. The smallest absolute Gasteiger partial charge is 0.418 e. The van der Waals surface area contributed by atoms with E-state index in [1.54, 1.807) is 0 Å². The lowest BCUT2D eigenvalue weighted by Crippen LogP contribution is -2.20. The molecule has 0 aliphatic rings. The van der Waals surface area contributed by atoms with Crippen LogP contribution in [0.1, 0.15) is 11.7 Å². The zero-order valence-corrected chi connectivity index (χ0v) is 7.47. The number of halogens is 4. The van der Waals surface area contributed by atoms with Crippen LogP contribution in [0.4, 0.5) is 13.2 Å². The van der Waals surface area contributed by atoms with E-state index >= 15 is 0 Å². The van der Waals surface area contributed by atoms with Crippen molar-refractivity contribution in [1.29, 1.82) is 0 Å². The van der Waals surface area contributed by atoms with Crippen molar-refractivity contribution >= 4 is 11.6 Å². The Labute approximate surface area is 82.5 Å². The predicted octanol–water partition coefficient (Wildman–Crippen LogP) is 2.64. The highest BCUT2D eigenvalue weighted by molar-refractivity contribution is 6.32. The number of aliphatic hydroxyl groups excluding tert-OH is 1. The largest absolute Gasteiger partial charge is 0.506 e. The van der Waals surface area contributed by atoms with Crippen molar-refractivity contribution in [3.05, 3.63) is 28.8 Å². The summed E-state index contributed by atoms with van der Waals surface area (Å²) in [6.45, 7) is 0. The third kappa shape index (κ3) is 2.10. The molecule has 2 nitrogen and oxygen atoms in total. The van der Waals surface area contributed by atoms with Crippen LogP contribution in [0.2, 0.25) is 5.02 Å². The summed E-state index contributed by atoms with van der Waals surface area (Å²) in [7, 11) is 0. The molecule has 0 saturated heterocycles. The Kier molecular flexibility index (Phi) is 2.92. The molecule has 0 spiro atoms. The van der Waals surface area contributed by atoms with Crippen LogP contribution in [0, 0.1) is 0 Å². The van der Waals surface area contributed by atoms with Crippen molar-refractivity contribution < 1.29 is 23.4 Å². The van der Waals surface area contributed by atoms with Crippen LogP contribution < -0.4 is 0 Å². The molecule has 14 heavy (non-hydrogen) atoms. The molecule has 0 amide bonds. The summed E-state index contributed by atoms with van der Waals surface area (Å²) in [6.07, 6.45) is -7.54. The first-order valence-electron chi connectivity index (χ1n) is 3.56. The second-order valence-electron chi connectivity index (χ2n) is 2.62. The molecule has 0 fully saturated rings. The van der Waals surface area contributed by atoms with Crippen molar-refractivity contribution in [3.8, 4) is 5.75 Å². The molecular weight excluding hydrogens is 221 g/mol.